The molecule has 1 N–H and O–H groups in total. The summed E-state index contributed by atoms with van der Waals surface area (Å²) in [5.41, 5.74) is 2.38. The van der Waals surface area contributed by atoms with Crippen molar-refractivity contribution in [2.24, 2.45) is 0 Å². The summed E-state index contributed by atoms with van der Waals surface area (Å²) < 4.78 is 24.8. The minimum atomic E-state index is -3.14. The van der Waals surface area contributed by atoms with Crippen molar-refractivity contribution in [2.45, 2.75) is 18.8 Å². The van der Waals surface area contributed by atoms with E-state index in [9.17, 15) is 8.42 Å². The van der Waals surface area contributed by atoms with E-state index in [4.69, 9.17) is 0 Å². The Bertz CT molecular complexity index is 697. The summed E-state index contributed by atoms with van der Waals surface area (Å²) in [5.74, 6) is 0.108. The molecule has 3 rings (SSSR count). The maximum absolute atomic E-state index is 11.7. The van der Waals surface area contributed by atoms with E-state index < -0.39 is 10.0 Å². The number of H-pyrrole nitrogens is 1. The van der Waals surface area contributed by atoms with Crippen molar-refractivity contribution in [3.8, 4) is 11.4 Å². The lowest BCUT2D eigenvalue weighted by atomic mass is 9.96. The molecule has 2 aromatic rings. The van der Waals surface area contributed by atoms with Crippen LogP contribution < -0.4 is 0 Å². The van der Waals surface area contributed by atoms with Gasteiger partial charge in [0, 0.05) is 31.4 Å². The number of aromatic nitrogens is 4. The van der Waals surface area contributed by atoms with Crippen LogP contribution in [0, 0.1) is 0 Å². The maximum atomic E-state index is 11.7. The van der Waals surface area contributed by atoms with Gasteiger partial charge in [0.15, 0.2) is 0 Å². The Hall–Kier alpha value is -1.80. The summed E-state index contributed by atoms with van der Waals surface area (Å²) in [4.78, 5) is 8.82. The zero-order valence-electron chi connectivity index (χ0n) is 11.7. The quantitative estimate of drug-likeness (QED) is 0.913. The van der Waals surface area contributed by atoms with Gasteiger partial charge in [-0.15, -0.1) is 0 Å². The molecule has 0 aliphatic carbocycles. The summed E-state index contributed by atoms with van der Waals surface area (Å²) in [6.45, 7) is 1.08. The van der Waals surface area contributed by atoms with E-state index in [1.165, 1.54) is 10.6 Å². The Kier molecular flexibility index (Phi) is 3.73. The standard InChI is InChI=1S/C13H17N5O2S/c1-21(19,20)18-6-2-3-10(9-18)12-7-15-13(8-14-12)11-4-5-16-17-11/h4-5,7-8,10H,2-3,6,9H2,1H3,(H,16,17)/t10-/m0/s1. The van der Waals surface area contributed by atoms with Gasteiger partial charge in [-0.25, -0.2) is 12.7 Å². The Balaban J connectivity index is 1.78. The molecule has 7 nitrogen and oxygen atoms in total. The number of sulfonamides is 1. The van der Waals surface area contributed by atoms with Crippen LogP contribution in [0.2, 0.25) is 0 Å². The number of rotatable bonds is 3. The molecule has 1 fully saturated rings. The zero-order valence-corrected chi connectivity index (χ0v) is 12.5. The Morgan fingerprint density at radius 3 is 2.81 bits per heavy atom. The average molecular weight is 307 g/mol. The van der Waals surface area contributed by atoms with E-state index in [1.807, 2.05) is 6.07 Å². The third-order valence-corrected chi connectivity index (χ3v) is 4.99. The van der Waals surface area contributed by atoms with Crippen molar-refractivity contribution in [2.75, 3.05) is 19.3 Å². The minimum Gasteiger partial charge on any atom is -0.276 e. The highest BCUT2D eigenvalue weighted by molar-refractivity contribution is 7.88. The lowest BCUT2D eigenvalue weighted by molar-refractivity contribution is 0.314. The number of nitrogens with zero attached hydrogens (tertiary/aromatic N) is 4. The summed E-state index contributed by atoms with van der Waals surface area (Å²) in [5, 5.41) is 6.72. The summed E-state index contributed by atoms with van der Waals surface area (Å²) in [7, 11) is -3.14. The topological polar surface area (TPSA) is 91.8 Å². The van der Waals surface area contributed by atoms with Crippen LogP contribution in [0.25, 0.3) is 11.4 Å². The molecule has 0 spiro atoms. The lowest BCUT2D eigenvalue weighted by Crippen LogP contribution is -2.38. The van der Waals surface area contributed by atoms with Gasteiger partial charge in [0.2, 0.25) is 10.0 Å². The predicted octanol–water partition coefficient (Wildman–Crippen LogP) is 1.01. The normalized spacial score (nSPS) is 20.5. The molecule has 21 heavy (non-hydrogen) atoms. The molecule has 0 unspecified atom stereocenters. The Morgan fingerprint density at radius 1 is 1.33 bits per heavy atom. The summed E-state index contributed by atoms with van der Waals surface area (Å²) >= 11 is 0. The molecule has 1 aliphatic rings. The molecule has 0 radical (unpaired) electrons. The number of hydrogen-bond acceptors (Lipinski definition) is 5. The van der Waals surface area contributed by atoms with Crippen molar-refractivity contribution in [1.29, 1.82) is 0 Å². The fourth-order valence-corrected chi connectivity index (χ4v) is 3.48. The van der Waals surface area contributed by atoms with E-state index >= 15 is 0 Å². The molecule has 8 heteroatoms. The third kappa shape index (κ3) is 3.11. The minimum absolute atomic E-state index is 0.108. The molecule has 0 aromatic carbocycles. The molecular weight excluding hydrogens is 290 g/mol. The fourth-order valence-electron chi connectivity index (χ4n) is 2.57. The number of nitrogens with one attached hydrogen (secondary N) is 1. The van der Waals surface area contributed by atoms with Crippen LogP contribution >= 0.6 is 0 Å². The van der Waals surface area contributed by atoms with Gasteiger partial charge in [0.1, 0.15) is 5.69 Å². The van der Waals surface area contributed by atoms with E-state index in [2.05, 4.69) is 20.2 Å². The fraction of sp³-hybridized carbons (Fsp3) is 0.462. The zero-order chi connectivity index (χ0) is 14.9. The molecule has 0 amide bonds. The summed E-state index contributed by atoms with van der Waals surface area (Å²) in [6.07, 6.45) is 8.12. The largest absolute Gasteiger partial charge is 0.276 e. The highest BCUT2D eigenvalue weighted by atomic mass is 32.2. The smallest absolute Gasteiger partial charge is 0.211 e. The van der Waals surface area contributed by atoms with Crippen LogP contribution in [0.5, 0.6) is 0 Å². The first kappa shape index (κ1) is 14.2. The van der Waals surface area contributed by atoms with Gasteiger partial charge in [0.25, 0.3) is 0 Å². The molecule has 0 bridgehead atoms. The second-order valence-corrected chi connectivity index (χ2v) is 7.24. The number of hydrogen-bond donors (Lipinski definition) is 1. The van der Waals surface area contributed by atoms with Crippen molar-refractivity contribution in [3.63, 3.8) is 0 Å². The second-order valence-electron chi connectivity index (χ2n) is 5.26. The molecule has 2 aromatic heterocycles. The number of piperidine rings is 1. The summed E-state index contributed by atoms with van der Waals surface area (Å²) in [6, 6.07) is 1.83. The van der Waals surface area contributed by atoms with Gasteiger partial charge in [-0.3, -0.25) is 15.1 Å². The van der Waals surface area contributed by atoms with Crippen LogP contribution in [-0.2, 0) is 10.0 Å². The van der Waals surface area contributed by atoms with Crippen LogP contribution in [0.4, 0.5) is 0 Å². The molecule has 3 heterocycles. The van der Waals surface area contributed by atoms with E-state index in [0.29, 0.717) is 13.1 Å². The first-order chi connectivity index (χ1) is 10.0. The van der Waals surface area contributed by atoms with Crippen LogP contribution in [-0.4, -0.2) is 52.2 Å². The van der Waals surface area contributed by atoms with Gasteiger partial charge in [-0.2, -0.15) is 5.10 Å². The molecule has 0 saturated carbocycles. The predicted molar refractivity (Wildman–Crippen MR) is 78.0 cm³/mol. The van der Waals surface area contributed by atoms with Crippen molar-refractivity contribution < 1.29 is 8.42 Å². The molecular formula is C13H17N5O2S. The van der Waals surface area contributed by atoms with Gasteiger partial charge < -0.3 is 0 Å². The molecule has 1 aliphatic heterocycles. The van der Waals surface area contributed by atoms with Gasteiger partial charge in [0.05, 0.1) is 23.8 Å². The SMILES string of the molecule is CS(=O)(=O)N1CCC[C@H](c2cnc(-c3ccn[nH]3)cn2)C1. The second kappa shape index (κ2) is 5.53. The van der Waals surface area contributed by atoms with Crippen molar-refractivity contribution in [1.82, 2.24) is 24.5 Å². The third-order valence-electron chi connectivity index (χ3n) is 3.72. The van der Waals surface area contributed by atoms with Gasteiger partial charge in [-0.05, 0) is 18.9 Å². The monoisotopic (exact) mass is 307 g/mol. The first-order valence-corrected chi connectivity index (χ1v) is 8.65. The molecule has 1 saturated heterocycles. The highest BCUT2D eigenvalue weighted by Crippen LogP contribution is 2.27. The molecule has 1 atom stereocenters. The van der Waals surface area contributed by atoms with Crippen molar-refractivity contribution in [3.05, 3.63) is 30.4 Å². The average Bonchev–Trinajstić information content (AvgIpc) is 3.01. The Labute approximate surface area is 123 Å². The van der Waals surface area contributed by atoms with E-state index in [1.54, 1.807) is 18.6 Å². The van der Waals surface area contributed by atoms with E-state index in [-0.39, 0.29) is 5.92 Å². The van der Waals surface area contributed by atoms with Crippen molar-refractivity contribution >= 4 is 10.0 Å². The Morgan fingerprint density at radius 2 is 2.19 bits per heavy atom. The van der Waals surface area contributed by atoms with Crippen LogP contribution in [0.15, 0.2) is 24.7 Å². The van der Waals surface area contributed by atoms with Crippen LogP contribution in [0.1, 0.15) is 24.5 Å². The maximum Gasteiger partial charge on any atom is 0.211 e. The van der Waals surface area contributed by atoms with Gasteiger partial charge >= 0.3 is 0 Å². The van der Waals surface area contributed by atoms with Crippen LogP contribution in [0.3, 0.4) is 0 Å². The highest BCUT2D eigenvalue weighted by Gasteiger charge is 2.27. The lowest BCUT2D eigenvalue weighted by Gasteiger charge is -2.30. The van der Waals surface area contributed by atoms with Gasteiger partial charge in [-0.1, -0.05) is 0 Å². The number of aromatic amines is 1. The molecule has 112 valence electrons. The van der Waals surface area contributed by atoms with E-state index in [0.717, 1.165) is 29.9 Å². The first-order valence-electron chi connectivity index (χ1n) is 6.81.